The molecule has 0 heterocycles. The molecule has 0 aliphatic rings. The molecule has 38 heavy (non-hydrogen) atoms. The third-order valence-corrected chi connectivity index (χ3v) is 8.19. The molecule has 0 atom stereocenters. The van der Waals surface area contributed by atoms with Crippen LogP contribution in [0.25, 0.3) is 10.8 Å². The van der Waals surface area contributed by atoms with Crippen LogP contribution >= 0.6 is 35.7 Å². The van der Waals surface area contributed by atoms with Gasteiger partial charge in [-0.15, -0.1) is 11.8 Å². The Bertz CT molecular complexity index is 998. The highest BCUT2D eigenvalue weighted by molar-refractivity contribution is 8.47. The van der Waals surface area contributed by atoms with Crippen LogP contribution in [-0.4, -0.2) is 80.0 Å². The molecule has 212 valence electrons. The minimum Gasteiger partial charge on any atom is -0.491 e. The van der Waals surface area contributed by atoms with Crippen LogP contribution in [0.2, 0.25) is 0 Å². The number of carbonyl (C=O) groups is 1. The second-order valence-corrected chi connectivity index (χ2v) is 13.1. The van der Waals surface area contributed by atoms with E-state index in [1.807, 2.05) is 50.2 Å². The zero-order chi connectivity index (χ0) is 27.8. The van der Waals surface area contributed by atoms with E-state index in [2.05, 4.69) is 13.8 Å². The zero-order valence-electron chi connectivity index (χ0n) is 23.0. The molecule has 0 amide bonds. The Balaban J connectivity index is 1.70. The lowest BCUT2D eigenvalue weighted by Crippen LogP contribution is -2.32. The van der Waals surface area contributed by atoms with E-state index >= 15 is 0 Å². The molecule has 0 radical (unpaired) electrons. The highest BCUT2D eigenvalue weighted by atomic mass is 32.2. The largest absolute Gasteiger partial charge is 0.491 e. The first kappa shape index (κ1) is 32.7. The topological polar surface area (TPSA) is 72.5 Å². The fraction of sp³-hybridized carbons (Fsp3) is 0.571. The zero-order valence-corrected chi connectivity index (χ0v) is 25.4. The van der Waals surface area contributed by atoms with Crippen LogP contribution in [0.3, 0.4) is 0 Å². The van der Waals surface area contributed by atoms with E-state index in [0.29, 0.717) is 52.2 Å². The van der Waals surface area contributed by atoms with Crippen molar-refractivity contribution < 1.29 is 33.2 Å². The van der Waals surface area contributed by atoms with Crippen molar-refractivity contribution in [3.8, 4) is 11.5 Å². The summed E-state index contributed by atoms with van der Waals surface area (Å²) >= 11 is 8.37. The number of ether oxygens (including phenoxy) is 6. The molecule has 2 aromatic rings. The number of hydrogen-bond donors (Lipinski definition) is 0. The average molecular weight is 585 g/mol. The molecular weight excluding hydrogens is 545 g/mol. The summed E-state index contributed by atoms with van der Waals surface area (Å²) in [7, 11) is 1.65. The average Bonchev–Trinajstić information content (AvgIpc) is 2.88. The normalized spacial score (nSPS) is 11.6. The number of methoxy groups -OCH3 is 1. The maximum atomic E-state index is 12.5. The second-order valence-electron chi connectivity index (χ2n) is 9.23. The van der Waals surface area contributed by atoms with Crippen molar-refractivity contribution >= 4 is 56.0 Å². The fourth-order valence-corrected chi connectivity index (χ4v) is 6.08. The molecule has 0 aliphatic carbocycles. The molecule has 0 aromatic heterocycles. The second kappa shape index (κ2) is 17.9. The van der Waals surface area contributed by atoms with Crippen LogP contribution in [0, 0.1) is 5.92 Å². The van der Waals surface area contributed by atoms with Crippen molar-refractivity contribution in [2.45, 2.75) is 32.4 Å². The summed E-state index contributed by atoms with van der Waals surface area (Å²) in [4.78, 5) is 12.5. The molecule has 2 rings (SSSR count). The van der Waals surface area contributed by atoms with E-state index in [9.17, 15) is 4.79 Å². The Morgan fingerprint density at radius 3 is 1.89 bits per heavy atom. The van der Waals surface area contributed by atoms with Crippen molar-refractivity contribution in [3.63, 3.8) is 0 Å². The van der Waals surface area contributed by atoms with Crippen molar-refractivity contribution in [1.82, 2.24) is 0 Å². The van der Waals surface area contributed by atoms with E-state index in [4.69, 9.17) is 40.6 Å². The van der Waals surface area contributed by atoms with Crippen LogP contribution in [-0.2, 0) is 23.7 Å². The van der Waals surface area contributed by atoms with Gasteiger partial charge in [0.2, 0.25) is 0 Å². The van der Waals surface area contributed by atoms with Gasteiger partial charge in [0.05, 0.1) is 33.0 Å². The third-order valence-electron chi connectivity index (χ3n) is 5.07. The van der Waals surface area contributed by atoms with Crippen LogP contribution in [0.5, 0.6) is 11.5 Å². The summed E-state index contributed by atoms with van der Waals surface area (Å²) in [5, 5.41) is 1.93. The van der Waals surface area contributed by atoms with Gasteiger partial charge in [-0.25, -0.2) is 0 Å². The number of benzene rings is 2. The molecule has 0 aliphatic heterocycles. The molecule has 0 fully saturated rings. The van der Waals surface area contributed by atoms with Gasteiger partial charge in [-0.3, -0.25) is 4.79 Å². The summed E-state index contributed by atoms with van der Waals surface area (Å²) in [5.74, 6) is 2.71. The molecule has 10 heteroatoms. The minimum atomic E-state index is -0.738. The molecule has 0 N–H and O–H groups in total. The van der Waals surface area contributed by atoms with Crippen molar-refractivity contribution in [1.29, 1.82) is 0 Å². The van der Waals surface area contributed by atoms with Gasteiger partial charge in [0, 0.05) is 23.6 Å². The molecule has 0 spiro atoms. The summed E-state index contributed by atoms with van der Waals surface area (Å²) in [6.45, 7) is 11.2. The van der Waals surface area contributed by atoms with Crippen molar-refractivity contribution in [3.05, 3.63) is 36.4 Å². The van der Waals surface area contributed by atoms with E-state index in [1.165, 1.54) is 11.8 Å². The lowest BCUT2D eigenvalue weighted by Gasteiger charge is -2.22. The molecule has 0 bridgehead atoms. The number of carbonyl (C=O) groups excluding carboxylic acids is 1. The first-order valence-electron chi connectivity index (χ1n) is 12.7. The van der Waals surface area contributed by atoms with Gasteiger partial charge in [-0.1, -0.05) is 62.1 Å². The number of rotatable bonds is 18. The quantitative estimate of drug-likeness (QED) is 0.118. The summed E-state index contributed by atoms with van der Waals surface area (Å²) < 4.78 is 33.3. The van der Waals surface area contributed by atoms with Gasteiger partial charge in [-0.05, 0) is 31.9 Å². The van der Waals surface area contributed by atoms with Gasteiger partial charge in [-0.2, -0.15) is 0 Å². The fourth-order valence-electron chi connectivity index (χ4n) is 3.15. The van der Waals surface area contributed by atoms with E-state index in [1.54, 1.807) is 18.9 Å². The monoisotopic (exact) mass is 584 g/mol. The van der Waals surface area contributed by atoms with Crippen LogP contribution in [0.1, 0.15) is 27.7 Å². The number of hydrogen-bond acceptors (Lipinski definition) is 10. The van der Waals surface area contributed by atoms with Gasteiger partial charge < -0.3 is 28.4 Å². The van der Waals surface area contributed by atoms with Crippen molar-refractivity contribution in [2.24, 2.45) is 5.92 Å². The summed E-state index contributed by atoms with van der Waals surface area (Å²) in [6, 6.07) is 11.7. The minimum absolute atomic E-state index is 0.179. The Morgan fingerprint density at radius 2 is 1.37 bits per heavy atom. The Kier molecular flexibility index (Phi) is 15.4. The van der Waals surface area contributed by atoms with Crippen LogP contribution in [0.15, 0.2) is 36.4 Å². The Hall–Kier alpha value is -1.56. The number of esters is 1. The summed E-state index contributed by atoms with van der Waals surface area (Å²) in [5.41, 5.74) is 0. The predicted molar refractivity (Wildman–Crippen MR) is 161 cm³/mol. The predicted octanol–water partition coefficient (Wildman–Crippen LogP) is 6.01. The van der Waals surface area contributed by atoms with E-state index in [-0.39, 0.29) is 12.6 Å². The first-order valence-corrected chi connectivity index (χ1v) is 14.9. The van der Waals surface area contributed by atoms with Gasteiger partial charge in [0.25, 0.3) is 0 Å². The van der Waals surface area contributed by atoms with Crippen molar-refractivity contribution in [2.75, 3.05) is 65.7 Å². The van der Waals surface area contributed by atoms with Gasteiger partial charge in [0.1, 0.15) is 39.6 Å². The SMILES string of the molecule is COCCOCCOc1cccc2c(OCCOCCOC(=O)C(C)(C)SC(=S)SCC(C)C)cccc12. The van der Waals surface area contributed by atoms with Crippen LogP contribution in [0.4, 0.5) is 0 Å². The molecular formula is C28H40O7S3. The number of thiocarbonyl (C=S) groups is 1. The number of fused-ring (bicyclic) bond motifs is 1. The molecule has 0 saturated carbocycles. The molecule has 2 aromatic carbocycles. The van der Waals surface area contributed by atoms with E-state index in [0.717, 1.165) is 31.6 Å². The molecule has 0 unspecified atom stereocenters. The number of thioether (sulfide) groups is 2. The summed E-state index contributed by atoms with van der Waals surface area (Å²) in [6.07, 6.45) is 0. The lowest BCUT2D eigenvalue weighted by atomic mass is 10.1. The first-order chi connectivity index (χ1) is 18.2. The maximum Gasteiger partial charge on any atom is 0.322 e. The molecule has 7 nitrogen and oxygen atoms in total. The highest BCUT2D eigenvalue weighted by Gasteiger charge is 2.32. The third kappa shape index (κ3) is 12.1. The standard InChI is InChI=1S/C28H40O7S3/c1-21(2)20-37-27(36)38-28(3,4)26(29)35-19-16-32-15-18-34-25-11-7-8-22-23(25)9-6-10-24(22)33-17-14-31-13-12-30-5/h6-11,21H,12-20H2,1-5H3. The smallest absolute Gasteiger partial charge is 0.322 e. The van der Waals surface area contributed by atoms with Gasteiger partial charge >= 0.3 is 5.97 Å². The molecule has 0 saturated heterocycles. The van der Waals surface area contributed by atoms with Crippen LogP contribution < -0.4 is 9.47 Å². The Labute approximate surface area is 240 Å². The maximum absolute atomic E-state index is 12.5. The van der Waals surface area contributed by atoms with Gasteiger partial charge in [0.15, 0.2) is 0 Å². The Morgan fingerprint density at radius 1 is 0.842 bits per heavy atom. The van der Waals surface area contributed by atoms with E-state index < -0.39 is 4.75 Å². The lowest BCUT2D eigenvalue weighted by molar-refractivity contribution is -0.147. The highest BCUT2D eigenvalue weighted by Crippen LogP contribution is 2.33.